The number of aryl methyl sites for hydroxylation is 1. The molecule has 2 aromatic heterocycles. The van der Waals surface area contributed by atoms with Crippen LogP contribution in [0.1, 0.15) is 18.1 Å². The van der Waals surface area contributed by atoms with Gasteiger partial charge in [-0.25, -0.2) is 18.5 Å². The molecule has 1 atom stereocenters. The zero-order valence-electron chi connectivity index (χ0n) is 17.8. The molecule has 0 saturated heterocycles. The zero-order chi connectivity index (χ0) is 22.5. The summed E-state index contributed by atoms with van der Waals surface area (Å²) in [6.07, 6.45) is 2.21. The molecule has 0 saturated carbocycles. The standard InChI is InChI=1S/C23H24N4O3S2/c1-3-30-19-12-23(31-14-19)27(32(28)29)22-13-21(25-15-26-22)24-11-10-17-8-9-18-6-4-5-7-20(18)16(17)2/h4-9,12-15H,3,10-11H2,1-2H3,(H,28,29)(H,24,25,26). The summed E-state index contributed by atoms with van der Waals surface area (Å²) in [5, 5.41) is 8.16. The normalized spacial score (nSPS) is 12.0. The average Bonchev–Trinajstić information content (AvgIpc) is 3.24. The maximum Gasteiger partial charge on any atom is 0.268 e. The minimum atomic E-state index is -2.29. The molecule has 0 fully saturated rings. The molecule has 0 bridgehead atoms. The number of ether oxygens (including phenoxy) is 1. The van der Waals surface area contributed by atoms with Gasteiger partial charge in [0, 0.05) is 24.1 Å². The van der Waals surface area contributed by atoms with E-state index in [9.17, 15) is 8.76 Å². The molecule has 2 N–H and O–H groups in total. The number of rotatable bonds is 9. The van der Waals surface area contributed by atoms with E-state index in [1.807, 2.05) is 13.0 Å². The first-order valence-electron chi connectivity index (χ1n) is 10.2. The molecular formula is C23H24N4O3S2. The van der Waals surface area contributed by atoms with Crippen molar-refractivity contribution < 1.29 is 13.5 Å². The molecule has 0 radical (unpaired) electrons. The number of nitrogens with zero attached hydrogens (tertiary/aromatic N) is 3. The molecule has 9 heteroatoms. The lowest BCUT2D eigenvalue weighted by atomic mass is 9.98. The molecule has 0 spiro atoms. The van der Waals surface area contributed by atoms with Gasteiger partial charge in [-0.3, -0.25) is 4.55 Å². The highest BCUT2D eigenvalue weighted by Crippen LogP contribution is 2.35. The molecule has 1 unspecified atom stereocenters. The zero-order valence-corrected chi connectivity index (χ0v) is 19.4. The molecule has 32 heavy (non-hydrogen) atoms. The smallest absolute Gasteiger partial charge is 0.268 e. The van der Waals surface area contributed by atoms with Crippen molar-refractivity contribution in [3.8, 4) is 5.75 Å². The first kappa shape index (κ1) is 22.2. The number of hydrogen-bond donors (Lipinski definition) is 2. The van der Waals surface area contributed by atoms with Crippen LogP contribution in [0.3, 0.4) is 0 Å². The van der Waals surface area contributed by atoms with Crippen molar-refractivity contribution in [1.29, 1.82) is 0 Å². The van der Waals surface area contributed by atoms with Crippen LogP contribution in [-0.4, -0.2) is 31.9 Å². The van der Waals surface area contributed by atoms with Crippen molar-refractivity contribution in [2.45, 2.75) is 20.3 Å². The Morgan fingerprint density at radius 3 is 2.84 bits per heavy atom. The van der Waals surface area contributed by atoms with Gasteiger partial charge in [0.15, 0.2) is 5.82 Å². The first-order valence-corrected chi connectivity index (χ1v) is 12.2. The Hall–Kier alpha value is -3.01. The van der Waals surface area contributed by atoms with Crippen LogP contribution in [0.5, 0.6) is 5.75 Å². The number of nitrogens with one attached hydrogen (secondary N) is 1. The third-order valence-corrected chi connectivity index (χ3v) is 6.80. The van der Waals surface area contributed by atoms with Crippen molar-refractivity contribution in [2.75, 3.05) is 22.8 Å². The van der Waals surface area contributed by atoms with Gasteiger partial charge in [-0.1, -0.05) is 36.4 Å². The largest absolute Gasteiger partial charge is 0.493 e. The third kappa shape index (κ3) is 4.90. The van der Waals surface area contributed by atoms with Gasteiger partial charge >= 0.3 is 0 Å². The summed E-state index contributed by atoms with van der Waals surface area (Å²) in [4.78, 5) is 8.46. The average molecular weight is 469 g/mol. The minimum absolute atomic E-state index is 0.329. The Kier molecular flexibility index (Phi) is 6.99. The molecule has 0 aliphatic heterocycles. The van der Waals surface area contributed by atoms with Crippen molar-refractivity contribution in [1.82, 2.24) is 9.97 Å². The van der Waals surface area contributed by atoms with Crippen LogP contribution in [0.2, 0.25) is 0 Å². The lowest BCUT2D eigenvalue weighted by Crippen LogP contribution is -2.20. The van der Waals surface area contributed by atoms with E-state index in [4.69, 9.17) is 4.74 Å². The lowest BCUT2D eigenvalue weighted by Gasteiger charge is -2.17. The molecule has 2 aromatic carbocycles. The second kappa shape index (κ2) is 10.1. The molecule has 0 amide bonds. The van der Waals surface area contributed by atoms with Crippen LogP contribution in [0.15, 0.2) is 60.2 Å². The Morgan fingerprint density at radius 2 is 2.03 bits per heavy atom. The van der Waals surface area contributed by atoms with Gasteiger partial charge in [0.05, 0.1) is 6.61 Å². The van der Waals surface area contributed by atoms with Crippen molar-refractivity contribution in [3.05, 3.63) is 71.4 Å². The van der Waals surface area contributed by atoms with E-state index < -0.39 is 11.3 Å². The molecule has 0 aliphatic rings. The summed E-state index contributed by atoms with van der Waals surface area (Å²) in [6, 6.07) is 16.1. The number of benzene rings is 2. The molecule has 4 rings (SSSR count). The highest BCUT2D eigenvalue weighted by Gasteiger charge is 2.20. The van der Waals surface area contributed by atoms with Crippen LogP contribution in [0.25, 0.3) is 10.8 Å². The number of fused-ring (bicyclic) bond motifs is 1. The maximum atomic E-state index is 12.0. The SMILES string of the molecule is CCOc1csc(N(c2cc(NCCc3ccc4ccccc4c3C)ncn2)S(=O)O)c1. The van der Waals surface area contributed by atoms with Crippen LogP contribution in [-0.2, 0) is 17.7 Å². The predicted octanol–water partition coefficient (Wildman–Crippen LogP) is 5.33. The number of thiophene rings is 1. The van der Waals surface area contributed by atoms with E-state index in [2.05, 4.69) is 52.5 Å². The number of anilines is 3. The molecule has 0 aliphatic carbocycles. The fourth-order valence-electron chi connectivity index (χ4n) is 3.55. The van der Waals surface area contributed by atoms with Gasteiger partial charge < -0.3 is 10.1 Å². The third-order valence-electron chi connectivity index (χ3n) is 5.10. The lowest BCUT2D eigenvalue weighted by molar-refractivity contribution is 0.342. The monoisotopic (exact) mass is 468 g/mol. The Bertz CT molecular complexity index is 1240. The van der Waals surface area contributed by atoms with Gasteiger partial charge in [-0.15, -0.1) is 11.3 Å². The second-order valence-electron chi connectivity index (χ2n) is 7.09. The van der Waals surface area contributed by atoms with Crippen LogP contribution in [0.4, 0.5) is 16.6 Å². The maximum absolute atomic E-state index is 12.0. The summed E-state index contributed by atoms with van der Waals surface area (Å²) < 4.78 is 28.6. The summed E-state index contributed by atoms with van der Waals surface area (Å²) in [5.74, 6) is 1.57. The fraction of sp³-hybridized carbons (Fsp3) is 0.217. The summed E-state index contributed by atoms with van der Waals surface area (Å²) in [7, 11) is 0. The van der Waals surface area contributed by atoms with E-state index in [1.54, 1.807) is 17.5 Å². The minimum Gasteiger partial charge on any atom is -0.493 e. The van der Waals surface area contributed by atoms with E-state index in [1.165, 1.54) is 43.9 Å². The predicted molar refractivity (Wildman–Crippen MR) is 131 cm³/mol. The Labute approximate surface area is 193 Å². The van der Waals surface area contributed by atoms with Crippen molar-refractivity contribution in [3.63, 3.8) is 0 Å². The quantitative estimate of drug-likeness (QED) is 0.323. The fourth-order valence-corrected chi connectivity index (χ4v) is 5.08. The number of hydrogen-bond acceptors (Lipinski definition) is 6. The molecule has 166 valence electrons. The molecular weight excluding hydrogens is 444 g/mol. The Balaban J connectivity index is 1.47. The summed E-state index contributed by atoms with van der Waals surface area (Å²) in [5.41, 5.74) is 2.54. The van der Waals surface area contributed by atoms with Crippen LogP contribution < -0.4 is 14.4 Å². The van der Waals surface area contributed by atoms with Gasteiger partial charge in [-0.2, -0.15) is 0 Å². The first-order chi connectivity index (χ1) is 15.6. The van der Waals surface area contributed by atoms with Crippen molar-refractivity contribution >= 4 is 50.0 Å². The summed E-state index contributed by atoms with van der Waals surface area (Å²) in [6.45, 7) is 5.23. The second-order valence-corrected chi connectivity index (χ2v) is 8.80. The van der Waals surface area contributed by atoms with E-state index in [0.717, 1.165) is 6.42 Å². The Morgan fingerprint density at radius 1 is 1.19 bits per heavy atom. The van der Waals surface area contributed by atoms with Gasteiger partial charge in [-0.05, 0) is 42.2 Å². The molecule has 7 nitrogen and oxygen atoms in total. The highest BCUT2D eigenvalue weighted by atomic mass is 32.2. The highest BCUT2D eigenvalue weighted by molar-refractivity contribution is 7.81. The van der Waals surface area contributed by atoms with E-state index >= 15 is 0 Å². The van der Waals surface area contributed by atoms with E-state index in [0.29, 0.717) is 35.5 Å². The molecule has 2 heterocycles. The van der Waals surface area contributed by atoms with Gasteiger partial charge in [0.1, 0.15) is 22.9 Å². The van der Waals surface area contributed by atoms with Crippen LogP contribution >= 0.6 is 11.3 Å². The van der Waals surface area contributed by atoms with Gasteiger partial charge in [0.25, 0.3) is 11.3 Å². The van der Waals surface area contributed by atoms with E-state index in [-0.39, 0.29) is 0 Å². The molecule has 4 aromatic rings. The van der Waals surface area contributed by atoms with Gasteiger partial charge in [0.2, 0.25) is 0 Å². The summed E-state index contributed by atoms with van der Waals surface area (Å²) >= 11 is -0.975. The topological polar surface area (TPSA) is 87.6 Å². The van der Waals surface area contributed by atoms with Crippen LogP contribution in [0, 0.1) is 6.92 Å². The number of aromatic nitrogens is 2. The van der Waals surface area contributed by atoms with Crippen molar-refractivity contribution in [2.24, 2.45) is 0 Å².